The lowest BCUT2D eigenvalue weighted by atomic mass is 9.93. The third-order valence-electron chi connectivity index (χ3n) is 4.39. The molecule has 1 aliphatic heterocycles. The number of aryl methyl sites for hydroxylation is 1. The van der Waals surface area contributed by atoms with Gasteiger partial charge in [0.2, 0.25) is 15.9 Å². The predicted molar refractivity (Wildman–Crippen MR) is 105 cm³/mol. The Balaban J connectivity index is 0.00000312. The molecule has 1 fully saturated rings. The molecule has 1 saturated heterocycles. The molecule has 6 nitrogen and oxygen atoms in total. The molecule has 0 atom stereocenters. The lowest BCUT2D eigenvalue weighted by Crippen LogP contribution is -2.28. The zero-order valence-electron chi connectivity index (χ0n) is 14.8. The van der Waals surface area contributed by atoms with Crippen molar-refractivity contribution in [2.24, 2.45) is 5.92 Å². The molecule has 3 N–H and O–H groups in total. The number of anilines is 2. The summed E-state index contributed by atoms with van der Waals surface area (Å²) in [5.74, 6) is 0.668. The number of rotatable bonds is 7. The van der Waals surface area contributed by atoms with E-state index in [1.807, 2.05) is 6.92 Å². The summed E-state index contributed by atoms with van der Waals surface area (Å²) in [5.41, 5.74) is 2.02. The summed E-state index contributed by atoms with van der Waals surface area (Å²) in [5, 5.41) is 6.22. The van der Waals surface area contributed by atoms with E-state index < -0.39 is 10.0 Å². The number of piperidine rings is 1. The van der Waals surface area contributed by atoms with E-state index in [1.165, 1.54) is 0 Å². The fraction of sp³-hybridized carbons (Fsp3) is 0.588. The Bertz CT molecular complexity index is 674. The van der Waals surface area contributed by atoms with Gasteiger partial charge < -0.3 is 10.6 Å². The molecule has 8 heteroatoms. The van der Waals surface area contributed by atoms with Crippen molar-refractivity contribution in [2.75, 3.05) is 28.9 Å². The quantitative estimate of drug-likeness (QED) is 0.669. The molecule has 0 spiro atoms. The van der Waals surface area contributed by atoms with Crippen molar-refractivity contribution in [3.05, 3.63) is 23.8 Å². The second kappa shape index (κ2) is 9.99. The minimum absolute atomic E-state index is 0. The van der Waals surface area contributed by atoms with Gasteiger partial charge in [-0.1, -0.05) is 0 Å². The van der Waals surface area contributed by atoms with Gasteiger partial charge in [-0.2, -0.15) is 0 Å². The molecule has 2 rings (SSSR count). The van der Waals surface area contributed by atoms with E-state index in [1.54, 1.807) is 25.1 Å². The van der Waals surface area contributed by atoms with Gasteiger partial charge in [0.15, 0.2) is 0 Å². The number of hydrogen-bond donors (Lipinski definition) is 3. The topological polar surface area (TPSA) is 87.3 Å². The average molecular weight is 390 g/mol. The maximum Gasteiger partial charge on any atom is 0.232 e. The van der Waals surface area contributed by atoms with Crippen LogP contribution in [0.25, 0.3) is 0 Å². The van der Waals surface area contributed by atoms with E-state index >= 15 is 0 Å². The van der Waals surface area contributed by atoms with Gasteiger partial charge in [-0.15, -0.1) is 12.4 Å². The Hall–Kier alpha value is -1.31. The third-order valence-corrected chi connectivity index (χ3v) is 5.69. The van der Waals surface area contributed by atoms with Gasteiger partial charge in [-0.05, 0) is 75.9 Å². The maximum atomic E-state index is 12.1. The van der Waals surface area contributed by atoms with Crippen molar-refractivity contribution in [2.45, 2.75) is 39.5 Å². The summed E-state index contributed by atoms with van der Waals surface area (Å²) >= 11 is 0. The van der Waals surface area contributed by atoms with Crippen LogP contribution in [0.5, 0.6) is 0 Å². The van der Waals surface area contributed by atoms with Crippen LogP contribution in [0.15, 0.2) is 18.2 Å². The number of carbonyl (C=O) groups is 1. The van der Waals surface area contributed by atoms with Crippen LogP contribution in [0.2, 0.25) is 0 Å². The molecule has 0 bridgehead atoms. The minimum atomic E-state index is -3.29. The fourth-order valence-corrected chi connectivity index (χ4v) is 3.53. The lowest BCUT2D eigenvalue weighted by molar-refractivity contribution is -0.116. The van der Waals surface area contributed by atoms with Gasteiger partial charge in [-0.25, -0.2) is 8.42 Å². The first-order valence-corrected chi connectivity index (χ1v) is 10.2. The number of nitrogens with one attached hydrogen (secondary N) is 3. The third kappa shape index (κ3) is 7.22. The van der Waals surface area contributed by atoms with E-state index in [4.69, 9.17) is 0 Å². The number of hydrogen-bond acceptors (Lipinski definition) is 4. The monoisotopic (exact) mass is 389 g/mol. The van der Waals surface area contributed by atoms with Crippen LogP contribution in [0.4, 0.5) is 11.4 Å². The van der Waals surface area contributed by atoms with E-state index in [0.29, 0.717) is 23.7 Å². The second-order valence-corrected chi connectivity index (χ2v) is 8.33. The minimum Gasteiger partial charge on any atom is -0.326 e. The van der Waals surface area contributed by atoms with Crippen LogP contribution in [0, 0.1) is 12.8 Å². The Morgan fingerprint density at radius 1 is 1.28 bits per heavy atom. The van der Waals surface area contributed by atoms with Crippen molar-refractivity contribution < 1.29 is 13.2 Å². The van der Waals surface area contributed by atoms with Crippen molar-refractivity contribution >= 4 is 39.7 Å². The largest absolute Gasteiger partial charge is 0.326 e. The van der Waals surface area contributed by atoms with Crippen LogP contribution < -0.4 is 15.4 Å². The van der Waals surface area contributed by atoms with E-state index in [-0.39, 0.29) is 24.1 Å². The first kappa shape index (κ1) is 21.7. The molecule has 142 valence electrons. The number of benzene rings is 1. The molecule has 0 aromatic heterocycles. The second-order valence-electron chi connectivity index (χ2n) is 6.32. The van der Waals surface area contributed by atoms with Crippen LogP contribution in [0.3, 0.4) is 0 Å². The van der Waals surface area contributed by atoms with E-state index in [0.717, 1.165) is 37.9 Å². The molecule has 1 heterocycles. The van der Waals surface area contributed by atoms with Gasteiger partial charge in [0.25, 0.3) is 0 Å². The van der Waals surface area contributed by atoms with Crippen LogP contribution in [-0.4, -0.2) is 33.2 Å². The first-order chi connectivity index (χ1) is 11.4. The summed E-state index contributed by atoms with van der Waals surface area (Å²) in [4.78, 5) is 12.1. The van der Waals surface area contributed by atoms with Crippen LogP contribution >= 0.6 is 12.4 Å². The highest BCUT2D eigenvalue weighted by atomic mass is 35.5. The normalized spacial score (nSPS) is 15.3. The standard InChI is InChI=1S/C17H27N3O3S.ClH/c1-3-24(22,23)20-16-6-5-15(12-13(16)2)19-17(21)7-4-14-8-10-18-11-9-14;/h5-6,12,14,18,20H,3-4,7-11H2,1-2H3,(H,19,21);1H. The zero-order valence-corrected chi connectivity index (χ0v) is 16.4. The highest BCUT2D eigenvalue weighted by molar-refractivity contribution is 7.92. The van der Waals surface area contributed by atoms with Gasteiger partial charge >= 0.3 is 0 Å². The Morgan fingerprint density at radius 2 is 1.96 bits per heavy atom. The smallest absolute Gasteiger partial charge is 0.232 e. The first-order valence-electron chi connectivity index (χ1n) is 8.51. The number of carbonyl (C=O) groups excluding carboxylic acids is 1. The van der Waals surface area contributed by atoms with Gasteiger partial charge in [0, 0.05) is 12.1 Å². The maximum absolute atomic E-state index is 12.1. The predicted octanol–water partition coefficient (Wildman–Crippen LogP) is 2.90. The number of sulfonamides is 1. The SMILES string of the molecule is CCS(=O)(=O)Nc1ccc(NC(=O)CCC2CCNCC2)cc1C.Cl. The van der Waals surface area contributed by atoms with E-state index in [2.05, 4.69) is 15.4 Å². The summed E-state index contributed by atoms with van der Waals surface area (Å²) in [6.45, 7) is 5.49. The molecule has 25 heavy (non-hydrogen) atoms. The number of amides is 1. The van der Waals surface area contributed by atoms with E-state index in [9.17, 15) is 13.2 Å². The number of halogens is 1. The average Bonchev–Trinajstić information content (AvgIpc) is 2.56. The molecular weight excluding hydrogens is 362 g/mol. The molecule has 1 amide bonds. The Morgan fingerprint density at radius 3 is 2.56 bits per heavy atom. The lowest BCUT2D eigenvalue weighted by Gasteiger charge is -2.22. The Kier molecular flexibility index (Phi) is 8.68. The molecule has 0 unspecified atom stereocenters. The van der Waals surface area contributed by atoms with Gasteiger partial charge in [0.05, 0.1) is 11.4 Å². The van der Waals surface area contributed by atoms with Gasteiger partial charge in [-0.3, -0.25) is 9.52 Å². The van der Waals surface area contributed by atoms with Crippen molar-refractivity contribution in [3.8, 4) is 0 Å². The summed E-state index contributed by atoms with van der Waals surface area (Å²) in [6, 6.07) is 5.20. The molecule has 1 aliphatic rings. The fourth-order valence-electron chi connectivity index (χ4n) is 2.82. The molecule has 1 aromatic carbocycles. The van der Waals surface area contributed by atoms with Crippen molar-refractivity contribution in [1.82, 2.24) is 5.32 Å². The van der Waals surface area contributed by atoms with Crippen molar-refractivity contribution in [3.63, 3.8) is 0 Å². The highest BCUT2D eigenvalue weighted by Gasteiger charge is 2.15. The van der Waals surface area contributed by atoms with Crippen LogP contribution in [0.1, 0.15) is 38.2 Å². The Labute approximate surface area is 156 Å². The summed E-state index contributed by atoms with van der Waals surface area (Å²) in [7, 11) is -3.29. The van der Waals surface area contributed by atoms with Gasteiger partial charge in [0.1, 0.15) is 0 Å². The zero-order chi connectivity index (χ0) is 17.6. The van der Waals surface area contributed by atoms with Crippen molar-refractivity contribution in [1.29, 1.82) is 0 Å². The summed E-state index contributed by atoms with van der Waals surface area (Å²) in [6.07, 6.45) is 3.71. The van der Waals surface area contributed by atoms with Crippen LogP contribution in [-0.2, 0) is 14.8 Å². The molecular formula is C17H28ClN3O3S. The molecule has 0 radical (unpaired) electrons. The summed E-state index contributed by atoms with van der Waals surface area (Å²) < 4.78 is 25.8. The molecule has 0 saturated carbocycles. The molecule has 0 aliphatic carbocycles. The highest BCUT2D eigenvalue weighted by Crippen LogP contribution is 2.22. The molecule has 1 aromatic rings.